The molecule has 0 fully saturated rings. The van der Waals surface area contributed by atoms with E-state index in [1.54, 1.807) is 4.90 Å². The minimum atomic E-state index is -1.04. The van der Waals surface area contributed by atoms with Gasteiger partial charge in [-0.1, -0.05) is 11.6 Å². The first-order chi connectivity index (χ1) is 11.7. The third-order valence-corrected chi connectivity index (χ3v) is 3.74. The predicted octanol–water partition coefficient (Wildman–Crippen LogP) is 1.72. The van der Waals surface area contributed by atoms with Crippen LogP contribution in [-0.2, 0) is 14.4 Å². The third kappa shape index (κ3) is 7.49. The number of benzene rings is 1. The van der Waals surface area contributed by atoms with Crippen LogP contribution in [0.15, 0.2) is 18.2 Å². The molecular formula is C16H21ClFN3O4. The number of rotatable bonds is 9. The van der Waals surface area contributed by atoms with Crippen molar-refractivity contribution in [3.63, 3.8) is 0 Å². The Labute approximate surface area is 150 Å². The van der Waals surface area contributed by atoms with Gasteiger partial charge in [-0.15, -0.1) is 0 Å². The summed E-state index contributed by atoms with van der Waals surface area (Å²) in [5, 5.41) is 14.3. The summed E-state index contributed by atoms with van der Waals surface area (Å²) in [5.74, 6) is -2.36. The van der Waals surface area contributed by atoms with Crippen molar-refractivity contribution < 1.29 is 23.9 Å². The number of carboxylic acids is 1. The van der Waals surface area contributed by atoms with E-state index in [1.165, 1.54) is 26.0 Å². The number of carbonyl (C=O) groups is 3. The summed E-state index contributed by atoms with van der Waals surface area (Å²) >= 11 is 5.65. The molecule has 0 saturated heterocycles. The van der Waals surface area contributed by atoms with Crippen LogP contribution in [0, 0.1) is 5.82 Å². The van der Waals surface area contributed by atoms with Crippen molar-refractivity contribution in [2.24, 2.45) is 0 Å². The summed E-state index contributed by atoms with van der Waals surface area (Å²) in [6.45, 7) is 3.54. The number of nitrogens with zero attached hydrogens (tertiary/aromatic N) is 1. The summed E-state index contributed by atoms with van der Waals surface area (Å²) in [5.41, 5.74) is 0.00507. The molecule has 3 N–H and O–H groups in total. The molecule has 2 amide bonds. The normalized spacial score (nSPS) is 11.9. The average molecular weight is 374 g/mol. The van der Waals surface area contributed by atoms with Gasteiger partial charge in [0.15, 0.2) is 0 Å². The molecule has 1 aromatic carbocycles. The number of nitrogens with one attached hydrogen (secondary N) is 2. The summed E-state index contributed by atoms with van der Waals surface area (Å²) in [4.78, 5) is 35.6. The fourth-order valence-electron chi connectivity index (χ4n) is 2.08. The van der Waals surface area contributed by atoms with Gasteiger partial charge in [-0.2, -0.15) is 0 Å². The van der Waals surface area contributed by atoms with Crippen molar-refractivity contribution in [2.75, 3.05) is 25.0 Å². The monoisotopic (exact) mass is 373 g/mol. The van der Waals surface area contributed by atoms with Crippen LogP contribution in [0.4, 0.5) is 10.1 Å². The molecule has 1 rings (SSSR count). The maximum atomic E-state index is 13.7. The van der Waals surface area contributed by atoms with Crippen LogP contribution in [0.2, 0.25) is 5.02 Å². The average Bonchev–Trinajstić information content (AvgIpc) is 2.52. The van der Waals surface area contributed by atoms with Crippen molar-refractivity contribution in [3.05, 3.63) is 29.0 Å². The molecular weight excluding hydrogens is 353 g/mol. The van der Waals surface area contributed by atoms with E-state index < -0.39 is 23.7 Å². The lowest BCUT2D eigenvalue weighted by Crippen LogP contribution is -2.44. The minimum absolute atomic E-state index is 0.00507. The molecule has 1 unspecified atom stereocenters. The lowest BCUT2D eigenvalue weighted by Gasteiger charge is -2.26. The highest BCUT2D eigenvalue weighted by atomic mass is 35.5. The number of hydrogen-bond donors (Lipinski definition) is 3. The van der Waals surface area contributed by atoms with Gasteiger partial charge in [-0.25, -0.2) is 4.39 Å². The number of carboxylic acid groups (broad SMARTS) is 1. The van der Waals surface area contributed by atoms with Gasteiger partial charge in [0.1, 0.15) is 11.9 Å². The first-order valence-corrected chi connectivity index (χ1v) is 8.04. The SMILES string of the molecule is CC(=O)NCCN(CCC(=O)Nc1ccc(Cl)cc1F)C(C)C(=O)O. The molecule has 0 bridgehead atoms. The molecule has 25 heavy (non-hydrogen) atoms. The van der Waals surface area contributed by atoms with Crippen LogP contribution in [0.5, 0.6) is 0 Å². The van der Waals surface area contributed by atoms with E-state index in [1.807, 2.05) is 0 Å². The molecule has 0 aromatic heterocycles. The first-order valence-electron chi connectivity index (χ1n) is 7.67. The zero-order valence-electron chi connectivity index (χ0n) is 14.0. The Morgan fingerprint density at radius 2 is 2.00 bits per heavy atom. The Balaban J connectivity index is 2.59. The summed E-state index contributed by atoms with van der Waals surface area (Å²) < 4.78 is 13.7. The van der Waals surface area contributed by atoms with Crippen LogP contribution in [0.1, 0.15) is 20.3 Å². The molecule has 0 aliphatic heterocycles. The second kappa shape index (κ2) is 9.95. The fraction of sp³-hybridized carbons (Fsp3) is 0.438. The standard InChI is InChI=1S/C16H21ClFN3O4/c1-10(16(24)25)21(8-6-19-11(2)22)7-5-15(23)20-14-4-3-12(17)9-13(14)18/h3-4,9-10H,5-8H2,1-2H3,(H,19,22)(H,20,23)(H,24,25). The van der Waals surface area contributed by atoms with E-state index in [4.69, 9.17) is 16.7 Å². The highest BCUT2D eigenvalue weighted by molar-refractivity contribution is 6.30. The molecule has 0 spiro atoms. The van der Waals surface area contributed by atoms with Gasteiger partial charge in [0.25, 0.3) is 0 Å². The Morgan fingerprint density at radius 3 is 2.56 bits per heavy atom. The highest BCUT2D eigenvalue weighted by Crippen LogP contribution is 2.19. The number of amides is 2. The smallest absolute Gasteiger partial charge is 0.320 e. The quantitative estimate of drug-likeness (QED) is 0.612. The molecule has 0 radical (unpaired) electrons. The van der Waals surface area contributed by atoms with E-state index >= 15 is 0 Å². The molecule has 0 heterocycles. The van der Waals surface area contributed by atoms with E-state index in [-0.39, 0.29) is 42.7 Å². The molecule has 7 nitrogen and oxygen atoms in total. The van der Waals surface area contributed by atoms with Gasteiger partial charge in [-0.05, 0) is 25.1 Å². The molecule has 1 aromatic rings. The zero-order chi connectivity index (χ0) is 19.0. The van der Waals surface area contributed by atoms with Gasteiger partial charge in [0.2, 0.25) is 11.8 Å². The van der Waals surface area contributed by atoms with Crippen molar-refractivity contribution in [1.82, 2.24) is 10.2 Å². The Bertz CT molecular complexity index is 642. The summed E-state index contributed by atoms with van der Waals surface area (Å²) in [7, 11) is 0. The highest BCUT2D eigenvalue weighted by Gasteiger charge is 2.21. The van der Waals surface area contributed by atoms with E-state index in [0.717, 1.165) is 6.07 Å². The molecule has 0 aliphatic rings. The lowest BCUT2D eigenvalue weighted by molar-refractivity contribution is -0.142. The van der Waals surface area contributed by atoms with E-state index in [0.29, 0.717) is 0 Å². The van der Waals surface area contributed by atoms with Crippen LogP contribution in [0.3, 0.4) is 0 Å². The second-order valence-electron chi connectivity index (χ2n) is 5.46. The molecule has 0 aliphatic carbocycles. The maximum absolute atomic E-state index is 13.7. The van der Waals surface area contributed by atoms with Gasteiger partial charge in [-0.3, -0.25) is 19.3 Å². The summed E-state index contributed by atoms with van der Waals surface area (Å²) in [6, 6.07) is 3.06. The van der Waals surface area contributed by atoms with Crippen molar-refractivity contribution >= 4 is 35.1 Å². The molecule has 138 valence electrons. The van der Waals surface area contributed by atoms with Crippen LogP contribution < -0.4 is 10.6 Å². The minimum Gasteiger partial charge on any atom is -0.480 e. The van der Waals surface area contributed by atoms with Crippen LogP contribution in [-0.4, -0.2) is 53.5 Å². The lowest BCUT2D eigenvalue weighted by atomic mass is 10.2. The number of aliphatic carboxylic acids is 1. The van der Waals surface area contributed by atoms with Crippen molar-refractivity contribution in [3.8, 4) is 0 Å². The Hall–Kier alpha value is -2.19. The Morgan fingerprint density at radius 1 is 1.32 bits per heavy atom. The van der Waals surface area contributed by atoms with Crippen molar-refractivity contribution in [1.29, 1.82) is 0 Å². The van der Waals surface area contributed by atoms with Crippen molar-refractivity contribution in [2.45, 2.75) is 26.3 Å². The molecule has 0 saturated carbocycles. The third-order valence-electron chi connectivity index (χ3n) is 3.51. The predicted molar refractivity (Wildman–Crippen MR) is 92.0 cm³/mol. The van der Waals surface area contributed by atoms with Crippen LogP contribution >= 0.6 is 11.6 Å². The van der Waals surface area contributed by atoms with E-state index in [9.17, 15) is 18.8 Å². The fourth-order valence-corrected chi connectivity index (χ4v) is 2.24. The van der Waals surface area contributed by atoms with Crippen LogP contribution in [0.25, 0.3) is 0 Å². The van der Waals surface area contributed by atoms with Gasteiger partial charge >= 0.3 is 5.97 Å². The number of anilines is 1. The van der Waals surface area contributed by atoms with E-state index in [2.05, 4.69) is 10.6 Å². The molecule has 1 atom stereocenters. The topological polar surface area (TPSA) is 98.7 Å². The van der Waals surface area contributed by atoms with Gasteiger partial charge in [0.05, 0.1) is 5.69 Å². The zero-order valence-corrected chi connectivity index (χ0v) is 14.8. The maximum Gasteiger partial charge on any atom is 0.320 e. The first kappa shape index (κ1) is 20.9. The Kier molecular flexibility index (Phi) is 8.30. The number of halogens is 2. The van der Waals surface area contributed by atoms with Gasteiger partial charge < -0.3 is 15.7 Å². The number of hydrogen-bond acceptors (Lipinski definition) is 4. The largest absolute Gasteiger partial charge is 0.480 e. The number of carbonyl (C=O) groups excluding carboxylic acids is 2. The second-order valence-corrected chi connectivity index (χ2v) is 5.89. The summed E-state index contributed by atoms with van der Waals surface area (Å²) in [6.07, 6.45) is -0.0280. The molecule has 9 heteroatoms. The van der Waals surface area contributed by atoms with Gasteiger partial charge in [0, 0.05) is 38.0 Å².